The summed E-state index contributed by atoms with van der Waals surface area (Å²) in [5, 5.41) is 20.4. The van der Waals surface area contributed by atoms with Crippen LogP contribution in [0.2, 0.25) is 5.02 Å². The first-order valence-electron chi connectivity index (χ1n) is 9.56. The van der Waals surface area contributed by atoms with E-state index >= 15 is 0 Å². The van der Waals surface area contributed by atoms with Crippen molar-refractivity contribution >= 4 is 29.1 Å². The van der Waals surface area contributed by atoms with Crippen molar-refractivity contribution in [2.24, 2.45) is 17.3 Å². The minimum absolute atomic E-state index is 0.0888. The monoisotopic (exact) mass is 406 g/mol. The summed E-state index contributed by atoms with van der Waals surface area (Å²) >= 11 is 6.25. The maximum Gasteiger partial charge on any atom is 0.332 e. The third-order valence-electron chi connectivity index (χ3n) is 6.44. The highest BCUT2D eigenvalue weighted by Crippen LogP contribution is 2.54. The molecule has 0 bridgehead atoms. The van der Waals surface area contributed by atoms with E-state index in [9.17, 15) is 24.2 Å². The molecule has 2 aliphatic rings. The van der Waals surface area contributed by atoms with E-state index in [2.05, 4.69) is 0 Å². The predicted molar refractivity (Wildman–Crippen MR) is 106 cm³/mol. The summed E-state index contributed by atoms with van der Waals surface area (Å²) in [5.74, 6) is -3.50. The lowest BCUT2D eigenvalue weighted by molar-refractivity contribution is -0.153. The number of carbonyl (C=O) groups is 2. The summed E-state index contributed by atoms with van der Waals surface area (Å²) in [4.78, 5) is 24.7. The van der Waals surface area contributed by atoms with Crippen molar-refractivity contribution in [3.63, 3.8) is 0 Å². The van der Waals surface area contributed by atoms with Crippen LogP contribution in [0.25, 0.3) is 5.57 Å². The second-order valence-corrected chi connectivity index (χ2v) is 8.23. The van der Waals surface area contributed by atoms with Gasteiger partial charge in [-0.25, -0.2) is 9.18 Å². The number of hydrogen-bond donors (Lipinski definition) is 2. The summed E-state index contributed by atoms with van der Waals surface area (Å²) in [7, 11) is 0. The second kappa shape index (κ2) is 7.70. The van der Waals surface area contributed by atoms with E-state index in [1.165, 1.54) is 12.1 Å². The zero-order valence-electron chi connectivity index (χ0n) is 16.0. The van der Waals surface area contributed by atoms with Crippen LogP contribution in [0.1, 0.15) is 51.5 Å². The predicted octanol–water partition coefficient (Wildman–Crippen LogP) is 5.56. The van der Waals surface area contributed by atoms with Crippen LogP contribution >= 0.6 is 11.6 Å². The van der Waals surface area contributed by atoms with Gasteiger partial charge in [0.25, 0.3) is 0 Å². The molecule has 1 aromatic rings. The van der Waals surface area contributed by atoms with Gasteiger partial charge in [-0.3, -0.25) is 4.79 Å². The Balaban J connectivity index is 2.29. The quantitative estimate of drug-likeness (QED) is 0.685. The Morgan fingerprint density at radius 3 is 2.36 bits per heavy atom. The molecule has 0 aliphatic heterocycles. The minimum atomic E-state index is -1.33. The summed E-state index contributed by atoms with van der Waals surface area (Å²) in [6.07, 6.45) is 6.08. The van der Waals surface area contributed by atoms with Gasteiger partial charge in [-0.1, -0.05) is 43.9 Å². The first kappa shape index (κ1) is 20.6. The highest BCUT2D eigenvalue weighted by atomic mass is 35.5. The molecule has 0 saturated heterocycles. The molecule has 0 aromatic heterocycles. The van der Waals surface area contributed by atoms with Gasteiger partial charge >= 0.3 is 11.9 Å². The van der Waals surface area contributed by atoms with Crippen LogP contribution in [0.3, 0.4) is 0 Å². The Kier molecular flexibility index (Phi) is 5.67. The molecule has 1 fully saturated rings. The van der Waals surface area contributed by atoms with Gasteiger partial charge in [0, 0.05) is 17.1 Å². The van der Waals surface area contributed by atoms with Crippen molar-refractivity contribution < 1.29 is 24.2 Å². The van der Waals surface area contributed by atoms with Crippen LogP contribution in [0, 0.1) is 23.1 Å². The molecule has 6 heteroatoms. The minimum Gasteiger partial charge on any atom is -0.481 e. The van der Waals surface area contributed by atoms with Gasteiger partial charge in [-0.05, 0) is 55.0 Å². The molecule has 0 heterocycles. The number of carboxylic acids is 2. The van der Waals surface area contributed by atoms with E-state index in [4.69, 9.17) is 11.6 Å². The van der Waals surface area contributed by atoms with Crippen molar-refractivity contribution in [1.29, 1.82) is 0 Å². The molecule has 2 N–H and O–H groups in total. The molecule has 2 aliphatic carbocycles. The lowest BCUT2D eigenvalue weighted by Gasteiger charge is -2.45. The van der Waals surface area contributed by atoms with Crippen LogP contribution in [0.5, 0.6) is 0 Å². The number of carboxylic acid groups (broad SMARTS) is 2. The summed E-state index contributed by atoms with van der Waals surface area (Å²) < 4.78 is 13.5. The van der Waals surface area contributed by atoms with E-state index in [0.29, 0.717) is 16.7 Å². The molecule has 0 spiro atoms. The standard InChI is InChI=1S/C22H24ClFO4/c1-12-17(16-9-8-15(24)10-18(16)23)11-22(21(27)28,13(2)19(12)20(25)26)14-6-4-3-5-7-14/h8-11,13-14H,3-7H2,1-2H3,(H,25,26)(H,27,28). The number of aliphatic carboxylic acids is 2. The lowest BCUT2D eigenvalue weighted by atomic mass is 9.57. The summed E-state index contributed by atoms with van der Waals surface area (Å²) in [6, 6.07) is 3.89. The van der Waals surface area contributed by atoms with E-state index in [-0.39, 0.29) is 16.5 Å². The van der Waals surface area contributed by atoms with Crippen molar-refractivity contribution in [3.8, 4) is 0 Å². The molecule has 0 radical (unpaired) electrons. The first-order chi connectivity index (χ1) is 13.2. The van der Waals surface area contributed by atoms with Gasteiger partial charge in [0.15, 0.2) is 0 Å². The highest BCUT2D eigenvalue weighted by Gasteiger charge is 2.53. The summed E-state index contributed by atoms with van der Waals surface area (Å²) in [5.41, 5.74) is 0.147. The molecule has 3 rings (SSSR count). The Labute approximate surface area is 168 Å². The van der Waals surface area contributed by atoms with Gasteiger partial charge in [-0.15, -0.1) is 0 Å². The average molecular weight is 407 g/mol. The zero-order chi connectivity index (χ0) is 20.6. The topological polar surface area (TPSA) is 74.6 Å². The van der Waals surface area contributed by atoms with Gasteiger partial charge in [0.1, 0.15) is 5.82 Å². The SMILES string of the molecule is CC1=C(C(=O)O)C(C)C(C(=O)O)(C2CCCCC2)C=C1c1ccc(F)cc1Cl. The van der Waals surface area contributed by atoms with Crippen LogP contribution in [0.15, 0.2) is 35.4 Å². The maximum absolute atomic E-state index is 13.5. The molecular weight excluding hydrogens is 383 g/mol. The Morgan fingerprint density at radius 2 is 1.82 bits per heavy atom. The normalized spacial score (nSPS) is 26.1. The number of rotatable bonds is 4. The van der Waals surface area contributed by atoms with Gasteiger partial charge in [-0.2, -0.15) is 0 Å². The molecule has 1 aromatic carbocycles. The fraction of sp³-hybridized carbons (Fsp3) is 0.455. The van der Waals surface area contributed by atoms with Crippen molar-refractivity contribution in [3.05, 3.63) is 51.8 Å². The van der Waals surface area contributed by atoms with Crippen LogP contribution in [-0.4, -0.2) is 22.2 Å². The van der Waals surface area contributed by atoms with Gasteiger partial charge in [0.2, 0.25) is 0 Å². The molecule has 150 valence electrons. The number of benzene rings is 1. The number of hydrogen-bond acceptors (Lipinski definition) is 2. The molecular formula is C22H24ClFO4. The molecule has 28 heavy (non-hydrogen) atoms. The molecule has 4 nitrogen and oxygen atoms in total. The fourth-order valence-electron chi connectivity index (χ4n) is 4.99. The third-order valence-corrected chi connectivity index (χ3v) is 6.76. The lowest BCUT2D eigenvalue weighted by Crippen LogP contribution is -2.47. The number of allylic oxidation sites excluding steroid dienone is 2. The van der Waals surface area contributed by atoms with E-state index in [0.717, 1.165) is 38.2 Å². The molecule has 1 saturated carbocycles. The van der Waals surface area contributed by atoms with E-state index in [1.54, 1.807) is 19.9 Å². The largest absolute Gasteiger partial charge is 0.481 e. The van der Waals surface area contributed by atoms with Gasteiger partial charge < -0.3 is 10.2 Å². The van der Waals surface area contributed by atoms with Crippen LogP contribution in [0.4, 0.5) is 4.39 Å². The van der Waals surface area contributed by atoms with Gasteiger partial charge in [0.05, 0.1) is 10.4 Å². The third kappa shape index (κ3) is 3.26. The van der Waals surface area contributed by atoms with E-state index < -0.39 is 29.1 Å². The smallest absolute Gasteiger partial charge is 0.332 e. The maximum atomic E-state index is 13.5. The fourth-order valence-corrected chi connectivity index (χ4v) is 5.26. The van der Waals surface area contributed by atoms with Crippen LogP contribution < -0.4 is 0 Å². The Morgan fingerprint density at radius 1 is 1.18 bits per heavy atom. The second-order valence-electron chi connectivity index (χ2n) is 7.82. The Bertz CT molecular complexity index is 883. The highest BCUT2D eigenvalue weighted by molar-refractivity contribution is 6.32. The van der Waals surface area contributed by atoms with Crippen molar-refractivity contribution in [1.82, 2.24) is 0 Å². The molecule has 0 amide bonds. The number of halogens is 2. The molecule has 2 unspecified atom stereocenters. The van der Waals surface area contributed by atoms with Crippen LogP contribution in [-0.2, 0) is 9.59 Å². The summed E-state index contributed by atoms with van der Waals surface area (Å²) in [6.45, 7) is 3.35. The Hall–Kier alpha value is -2.14. The van der Waals surface area contributed by atoms with Crippen molar-refractivity contribution in [2.75, 3.05) is 0 Å². The molecule has 2 atom stereocenters. The first-order valence-corrected chi connectivity index (χ1v) is 9.94. The van der Waals surface area contributed by atoms with Crippen molar-refractivity contribution in [2.45, 2.75) is 46.0 Å². The van der Waals surface area contributed by atoms with E-state index in [1.807, 2.05) is 0 Å². The zero-order valence-corrected chi connectivity index (χ0v) is 16.7. The average Bonchev–Trinajstić information content (AvgIpc) is 2.63.